The molecule has 0 bridgehead atoms. The van der Waals surface area contributed by atoms with Crippen LogP contribution >= 0.6 is 0 Å². The SMILES string of the molecule is CCc1ccc(OC)c(C2NNC(C)C2CN)c1. The third-order valence-corrected chi connectivity index (χ3v) is 3.85. The van der Waals surface area contributed by atoms with Gasteiger partial charge in [-0.05, 0) is 31.5 Å². The molecule has 4 heteroatoms. The molecule has 0 saturated carbocycles. The molecule has 3 atom stereocenters. The predicted molar refractivity (Wildman–Crippen MR) is 73.4 cm³/mol. The Bertz CT molecular complexity index is 408. The molecule has 1 aromatic rings. The van der Waals surface area contributed by atoms with Crippen LogP contribution in [0.25, 0.3) is 0 Å². The van der Waals surface area contributed by atoms with Gasteiger partial charge in [-0.25, -0.2) is 5.43 Å². The van der Waals surface area contributed by atoms with Crippen molar-refractivity contribution in [1.82, 2.24) is 10.9 Å². The maximum absolute atomic E-state index is 5.89. The molecule has 0 radical (unpaired) electrons. The van der Waals surface area contributed by atoms with Crippen LogP contribution in [0.5, 0.6) is 5.75 Å². The van der Waals surface area contributed by atoms with E-state index >= 15 is 0 Å². The fourth-order valence-corrected chi connectivity index (χ4v) is 2.62. The second kappa shape index (κ2) is 5.69. The van der Waals surface area contributed by atoms with Crippen molar-refractivity contribution in [1.29, 1.82) is 0 Å². The molecule has 4 N–H and O–H groups in total. The molecule has 1 aliphatic heterocycles. The van der Waals surface area contributed by atoms with Crippen LogP contribution in [-0.4, -0.2) is 19.7 Å². The minimum absolute atomic E-state index is 0.214. The fourth-order valence-electron chi connectivity index (χ4n) is 2.62. The van der Waals surface area contributed by atoms with Gasteiger partial charge in [-0.3, -0.25) is 5.43 Å². The average molecular weight is 249 g/mol. The molecule has 0 aromatic heterocycles. The first-order chi connectivity index (χ1) is 8.71. The highest BCUT2D eigenvalue weighted by Crippen LogP contribution is 2.34. The van der Waals surface area contributed by atoms with Gasteiger partial charge in [0.2, 0.25) is 0 Å². The number of nitrogens with two attached hydrogens (primary N) is 1. The van der Waals surface area contributed by atoms with Crippen LogP contribution in [0.4, 0.5) is 0 Å². The summed E-state index contributed by atoms with van der Waals surface area (Å²) in [6, 6.07) is 6.97. The van der Waals surface area contributed by atoms with Crippen molar-refractivity contribution in [2.75, 3.05) is 13.7 Å². The van der Waals surface area contributed by atoms with Crippen LogP contribution < -0.4 is 21.3 Å². The first kappa shape index (κ1) is 13.3. The minimum atomic E-state index is 0.214. The van der Waals surface area contributed by atoms with E-state index in [9.17, 15) is 0 Å². The lowest BCUT2D eigenvalue weighted by Crippen LogP contribution is -2.30. The van der Waals surface area contributed by atoms with Gasteiger partial charge >= 0.3 is 0 Å². The molecule has 1 heterocycles. The number of rotatable bonds is 4. The standard InChI is InChI=1S/C14H23N3O/c1-4-10-5-6-13(18-3)11(7-10)14-12(8-15)9(2)16-17-14/h5-7,9,12,14,16-17H,4,8,15H2,1-3H3. The highest BCUT2D eigenvalue weighted by molar-refractivity contribution is 5.40. The lowest BCUT2D eigenvalue weighted by Gasteiger charge is -2.22. The van der Waals surface area contributed by atoms with E-state index in [0.717, 1.165) is 12.2 Å². The summed E-state index contributed by atoms with van der Waals surface area (Å²) >= 11 is 0. The predicted octanol–water partition coefficient (Wildman–Crippen LogP) is 1.37. The number of ether oxygens (including phenoxy) is 1. The molecule has 0 aliphatic carbocycles. The normalized spacial score (nSPS) is 27.4. The zero-order valence-corrected chi connectivity index (χ0v) is 11.4. The Morgan fingerprint density at radius 2 is 2.11 bits per heavy atom. The summed E-state index contributed by atoms with van der Waals surface area (Å²) in [4.78, 5) is 0. The first-order valence-electron chi connectivity index (χ1n) is 6.59. The summed E-state index contributed by atoms with van der Waals surface area (Å²) in [5, 5.41) is 0. The Labute approximate surface area is 109 Å². The van der Waals surface area contributed by atoms with E-state index in [1.165, 1.54) is 11.1 Å². The van der Waals surface area contributed by atoms with E-state index in [1.807, 2.05) is 6.07 Å². The molecular formula is C14H23N3O. The molecule has 1 aromatic carbocycles. The summed E-state index contributed by atoms with van der Waals surface area (Å²) < 4.78 is 5.48. The fraction of sp³-hybridized carbons (Fsp3) is 0.571. The van der Waals surface area contributed by atoms with Crippen LogP contribution in [0.2, 0.25) is 0 Å². The third-order valence-electron chi connectivity index (χ3n) is 3.85. The second-order valence-corrected chi connectivity index (χ2v) is 4.88. The molecule has 2 rings (SSSR count). The Kier molecular flexibility index (Phi) is 4.22. The van der Waals surface area contributed by atoms with Gasteiger partial charge in [-0.15, -0.1) is 0 Å². The monoisotopic (exact) mass is 249 g/mol. The molecule has 100 valence electrons. The quantitative estimate of drug-likeness (QED) is 0.754. The molecule has 0 amide bonds. The zero-order valence-electron chi connectivity index (χ0n) is 11.4. The zero-order chi connectivity index (χ0) is 13.1. The van der Waals surface area contributed by atoms with Crippen LogP contribution in [0.3, 0.4) is 0 Å². The van der Waals surface area contributed by atoms with Gasteiger partial charge in [0.1, 0.15) is 5.75 Å². The second-order valence-electron chi connectivity index (χ2n) is 4.88. The molecule has 1 saturated heterocycles. The number of hydrogen-bond acceptors (Lipinski definition) is 4. The van der Waals surface area contributed by atoms with Gasteiger partial charge in [0.15, 0.2) is 0 Å². The van der Waals surface area contributed by atoms with Crippen molar-refractivity contribution in [3.8, 4) is 5.75 Å². The van der Waals surface area contributed by atoms with Crippen molar-refractivity contribution in [2.24, 2.45) is 11.7 Å². The van der Waals surface area contributed by atoms with Crippen molar-refractivity contribution in [2.45, 2.75) is 32.4 Å². The van der Waals surface area contributed by atoms with Crippen LogP contribution in [0.15, 0.2) is 18.2 Å². The Morgan fingerprint density at radius 3 is 2.72 bits per heavy atom. The summed E-state index contributed by atoms with van der Waals surface area (Å²) in [6.45, 7) is 4.97. The summed E-state index contributed by atoms with van der Waals surface area (Å²) in [7, 11) is 1.72. The highest BCUT2D eigenvalue weighted by atomic mass is 16.5. The number of benzene rings is 1. The van der Waals surface area contributed by atoms with E-state index in [0.29, 0.717) is 18.5 Å². The van der Waals surface area contributed by atoms with Gasteiger partial charge in [-0.2, -0.15) is 0 Å². The van der Waals surface area contributed by atoms with E-state index in [2.05, 4.69) is 36.8 Å². The average Bonchev–Trinajstić information content (AvgIpc) is 2.78. The molecular weight excluding hydrogens is 226 g/mol. The van der Waals surface area contributed by atoms with Crippen molar-refractivity contribution < 1.29 is 4.74 Å². The summed E-state index contributed by atoms with van der Waals surface area (Å²) in [5.74, 6) is 1.31. The first-order valence-corrected chi connectivity index (χ1v) is 6.59. The van der Waals surface area contributed by atoms with Gasteiger partial charge < -0.3 is 10.5 Å². The minimum Gasteiger partial charge on any atom is -0.496 e. The number of methoxy groups -OCH3 is 1. The van der Waals surface area contributed by atoms with Gasteiger partial charge in [0.05, 0.1) is 13.2 Å². The largest absolute Gasteiger partial charge is 0.496 e. The van der Waals surface area contributed by atoms with E-state index in [1.54, 1.807) is 7.11 Å². The molecule has 1 aliphatic rings. The maximum Gasteiger partial charge on any atom is 0.123 e. The van der Waals surface area contributed by atoms with Crippen molar-refractivity contribution in [3.63, 3.8) is 0 Å². The number of aryl methyl sites for hydroxylation is 1. The van der Waals surface area contributed by atoms with Gasteiger partial charge in [0.25, 0.3) is 0 Å². The van der Waals surface area contributed by atoms with E-state index in [4.69, 9.17) is 10.5 Å². The Hall–Kier alpha value is -1.10. The van der Waals surface area contributed by atoms with E-state index < -0.39 is 0 Å². The molecule has 3 unspecified atom stereocenters. The van der Waals surface area contributed by atoms with Crippen molar-refractivity contribution in [3.05, 3.63) is 29.3 Å². The van der Waals surface area contributed by atoms with E-state index in [-0.39, 0.29) is 6.04 Å². The molecule has 4 nitrogen and oxygen atoms in total. The number of hydrazine groups is 1. The van der Waals surface area contributed by atoms with Gasteiger partial charge in [0, 0.05) is 17.5 Å². The lowest BCUT2D eigenvalue weighted by molar-refractivity contribution is 0.386. The van der Waals surface area contributed by atoms with Gasteiger partial charge in [-0.1, -0.05) is 19.1 Å². The summed E-state index contributed by atoms with van der Waals surface area (Å²) in [5.41, 5.74) is 15.0. The molecule has 1 fully saturated rings. The Morgan fingerprint density at radius 1 is 1.33 bits per heavy atom. The maximum atomic E-state index is 5.89. The molecule has 0 spiro atoms. The molecule has 18 heavy (non-hydrogen) atoms. The third kappa shape index (κ3) is 2.36. The van der Waals surface area contributed by atoms with Crippen molar-refractivity contribution >= 4 is 0 Å². The number of hydrogen-bond donors (Lipinski definition) is 3. The number of nitrogens with one attached hydrogen (secondary N) is 2. The smallest absolute Gasteiger partial charge is 0.123 e. The topological polar surface area (TPSA) is 59.3 Å². The van der Waals surface area contributed by atoms with Crippen LogP contribution in [-0.2, 0) is 6.42 Å². The lowest BCUT2D eigenvalue weighted by atomic mass is 9.89. The van der Waals surface area contributed by atoms with Crippen LogP contribution in [0, 0.1) is 5.92 Å². The van der Waals surface area contributed by atoms with Crippen LogP contribution in [0.1, 0.15) is 31.0 Å². The highest BCUT2D eigenvalue weighted by Gasteiger charge is 2.34. The summed E-state index contributed by atoms with van der Waals surface area (Å²) in [6.07, 6.45) is 1.03. The Balaban J connectivity index is 2.36.